The maximum Gasteiger partial charge on any atom is 0.222 e. The Balaban J connectivity index is 1.75. The van der Waals surface area contributed by atoms with Crippen LogP contribution >= 0.6 is 0 Å². The monoisotopic (exact) mass is 412 g/mol. The Kier molecular flexibility index (Phi) is 7.44. The van der Waals surface area contributed by atoms with E-state index in [0.717, 1.165) is 36.8 Å². The third kappa shape index (κ3) is 5.81. The summed E-state index contributed by atoms with van der Waals surface area (Å²) in [5.74, 6) is 0.405. The Hall–Kier alpha value is -2.89. The Labute approximate surface area is 177 Å². The van der Waals surface area contributed by atoms with Crippen molar-refractivity contribution in [1.82, 2.24) is 10.6 Å². The number of hydrogen-bond donors (Lipinski definition) is 2. The van der Waals surface area contributed by atoms with Gasteiger partial charge in [0, 0.05) is 6.92 Å². The van der Waals surface area contributed by atoms with Gasteiger partial charge in [0.1, 0.15) is 11.6 Å². The summed E-state index contributed by atoms with van der Waals surface area (Å²) in [7, 11) is 1.59. The highest BCUT2D eigenvalue weighted by atomic mass is 19.1. The van der Waals surface area contributed by atoms with Gasteiger partial charge in [-0.1, -0.05) is 37.1 Å². The molecule has 2 atom stereocenters. The van der Waals surface area contributed by atoms with Crippen LogP contribution in [0.15, 0.2) is 48.5 Å². The second kappa shape index (κ2) is 10.2. The predicted octanol–water partition coefficient (Wildman–Crippen LogP) is 4.45. The normalized spacial score (nSPS) is 16.0. The van der Waals surface area contributed by atoms with E-state index >= 15 is 0 Å². The second-order valence-electron chi connectivity index (χ2n) is 7.87. The summed E-state index contributed by atoms with van der Waals surface area (Å²) in [5.41, 5.74) is 1.75. The minimum absolute atomic E-state index is 0.121. The van der Waals surface area contributed by atoms with Crippen LogP contribution in [0.2, 0.25) is 0 Å². The van der Waals surface area contributed by atoms with E-state index in [1.165, 1.54) is 19.1 Å². The average Bonchev–Trinajstić information content (AvgIpc) is 3.27. The molecule has 1 aliphatic rings. The van der Waals surface area contributed by atoms with Gasteiger partial charge in [0.05, 0.1) is 25.6 Å². The van der Waals surface area contributed by atoms with E-state index in [2.05, 4.69) is 10.6 Å². The lowest BCUT2D eigenvalue weighted by molar-refractivity contribution is -0.123. The largest absolute Gasteiger partial charge is 0.497 e. The van der Waals surface area contributed by atoms with Crippen molar-refractivity contribution in [2.45, 2.75) is 51.1 Å². The number of amides is 2. The lowest BCUT2D eigenvalue weighted by Crippen LogP contribution is -2.36. The van der Waals surface area contributed by atoms with E-state index in [4.69, 9.17) is 4.74 Å². The van der Waals surface area contributed by atoms with Crippen molar-refractivity contribution in [1.29, 1.82) is 0 Å². The van der Waals surface area contributed by atoms with Gasteiger partial charge in [-0.05, 0) is 54.2 Å². The van der Waals surface area contributed by atoms with Gasteiger partial charge in [-0.25, -0.2) is 4.39 Å². The molecule has 5 nitrogen and oxygen atoms in total. The minimum atomic E-state index is -0.439. The molecule has 1 aliphatic carbocycles. The maximum atomic E-state index is 13.4. The lowest BCUT2D eigenvalue weighted by Gasteiger charge is -2.27. The van der Waals surface area contributed by atoms with Gasteiger partial charge in [-0.15, -0.1) is 0 Å². The van der Waals surface area contributed by atoms with Crippen molar-refractivity contribution in [3.8, 4) is 5.75 Å². The second-order valence-corrected chi connectivity index (χ2v) is 7.87. The first-order valence-electron chi connectivity index (χ1n) is 10.4. The topological polar surface area (TPSA) is 67.4 Å². The van der Waals surface area contributed by atoms with E-state index in [1.807, 2.05) is 24.3 Å². The van der Waals surface area contributed by atoms with Gasteiger partial charge in [-0.2, -0.15) is 0 Å². The van der Waals surface area contributed by atoms with Crippen LogP contribution < -0.4 is 15.4 Å². The van der Waals surface area contributed by atoms with Gasteiger partial charge in [-0.3, -0.25) is 9.59 Å². The van der Waals surface area contributed by atoms with Crippen molar-refractivity contribution in [3.63, 3.8) is 0 Å². The minimum Gasteiger partial charge on any atom is -0.497 e. The average molecular weight is 413 g/mol. The summed E-state index contributed by atoms with van der Waals surface area (Å²) in [4.78, 5) is 24.7. The fourth-order valence-electron chi connectivity index (χ4n) is 4.19. The standard InChI is InChI=1S/C24H29FN2O3/c1-16(28)26-22(17-9-13-21(30-2)14-10-17)15-23(29)27-24(18-5-3-4-6-18)19-7-11-20(25)12-8-19/h7-14,18,22,24H,3-6,15H2,1-2H3,(H,26,28)(H,27,29)/t22-,24+/m0/s1. The molecule has 160 valence electrons. The van der Waals surface area contributed by atoms with Crippen molar-refractivity contribution >= 4 is 11.8 Å². The molecule has 0 aliphatic heterocycles. The van der Waals surface area contributed by atoms with E-state index in [9.17, 15) is 14.0 Å². The first-order valence-corrected chi connectivity index (χ1v) is 10.4. The Morgan fingerprint density at radius 2 is 1.60 bits per heavy atom. The molecule has 2 N–H and O–H groups in total. The van der Waals surface area contributed by atoms with Gasteiger partial charge in [0.25, 0.3) is 0 Å². The molecule has 6 heteroatoms. The van der Waals surface area contributed by atoms with E-state index in [-0.39, 0.29) is 30.1 Å². The number of ether oxygens (including phenoxy) is 1. The molecule has 2 amide bonds. The number of halogens is 1. The number of benzene rings is 2. The summed E-state index contributed by atoms with van der Waals surface area (Å²) in [5, 5.41) is 6.02. The van der Waals surface area contributed by atoms with Gasteiger partial charge < -0.3 is 15.4 Å². The first kappa shape index (κ1) is 21.8. The molecule has 1 saturated carbocycles. The van der Waals surface area contributed by atoms with Crippen LogP contribution in [0.5, 0.6) is 5.75 Å². The summed E-state index contributed by atoms with van der Waals surface area (Å²) in [6.45, 7) is 1.44. The lowest BCUT2D eigenvalue weighted by atomic mass is 9.91. The van der Waals surface area contributed by atoms with Crippen LogP contribution in [0.4, 0.5) is 4.39 Å². The molecular weight excluding hydrogens is 383 g/mol. The quantitative estimate of drug-likeness (QED) is 0.673. The number of methoxy groups -OCH3 is 1. The summed E-state index contributed by atoms with van der Waals surface area (Å²) in [6, 6.07) is 13.1. The highest BCUT2D eigenvalue weighted by Crippen LogP contribution is 2.36. The third-order valence-electron chi connectivity index (χ3n) is 5.70. The van der Waals surface area contributed by atoms with Crippen LogP contribution in [0.1, 0.15) is 62.2 Å². The fourth-order valence-corrected chi connectivity index (χ4v) is 4.19. The molecular formula is C24H29FN2O3. The molecule has 2 aromatic carbocycles. The molecule has 3 rings (SSSR count). The van der Waals surface area contributed by atoms with Gasteiger partial charge >= 0.3 is 0 Å². The van der Waals surface area contributed by atoms with Gasteiger partial charge in [0.2, 0.25) is 11.8 Å². The smallest absolute Gasteiger partial charge is 0.222 e. The number of rotatable bonds is 8. The molecule has 0 aromatic heterocycles. The zero-order valence-electron chi connectivity index (χ0n) is 17.5. The van der Waals surface area contributed by atoms with Crippen molar-refractivity contribution in [2.24, 2.45) is 5.92 Å². The molecule has 0 heterocycles. The third-order valence-corrected chi connectivity index (χ3v) is 5.70. The van der Waals surface area contributed by atoms with E-state index in [1.54, 1.807) is 19.2 Å². The molecule has 0 bridgehead atoms. The van der Waals surface area contributed by atoms with Crippen LogP contribution in [0, 0.1) is 11.7 Å². The van der Waals surface area contributed by atoms with Crippen molar-refractivity contribution in [3.05, 3.63) is 65.5 Å². The van der Waals surface area contributed by atoms with Crippen LogP contribution in [0.3, 0.4) is 0 Å². The maximum absolute atomic E-state index is 13.4. The van der Waals surface area contributed by atoms with Crippen LogP contribution in [-0.4, -0.2) is 18.9 Å². The zero-order chi connectivity index (χ0) is 21.5. The van der Waals surface area contributed by atoms with E-state index in [0.29, 0.717) is 11.7 Å². The predicted molar refractivity (Wildman–Crippen MR) is 113 cm³/mol. The molecule has 0 saturated heterocycles. The Morgan fingerprint density at radius 3 is 2.17 bits per heavy atom. The molecule has 30 heavy (non-hydrogen) atoms. The fraction of sp³-hybridized carbons (Fsp3) is 0.417. The van der Waals surface area contributed by atoms with Crippen molar-refractivity contribution < 1.29 is 18.7 Å². The van der Waals surface area contributed by atoms with Crippen molar-refractivity contribution in [2.75, 3.05) is 7.11 Å². The van der Waals surface area contributed by atoms with Gasteiger partial charge in [0.15, 0.2) is 0 Å². The first-order chi connectivity index (χ1) is 14.5. The number of carbonyl (C=O) groups excluding carboxylic acids is 2. The number of hydrogen-bond acceptors (Lipinski definition) is 3. The number of carbonyl (C=O) groups is 2. The summed E-state index contributed by atoms with van der Waals surface area (Å²) in [6.07, 6.45) is 4.47. The molecule has 0 radical (unpaired) electrons. The highest BCUT2D eigenvalue weighted by Gasteiger charge is 2.28. The molecule has 2 aromatic rings. The summed E-state index contributed by atoms with van der Waals surface area (Å²) < 4.78 is 18.6. The SMILES string of the molecule is COc1ccc([C@H](CC(=O)N[C@@H](c2ccc(F)cc2)C2CCCC2)NC(C)=O)cc1. The van der Waals surface area contributed by atoms with Crippen LogP contribution in [-0.2, 0) is 9.59 Å². The van der Waals surface area contributed by atoms with Crippen LogP contribution in [0.25, 0.3) is 0 Å². The molecule has 1 fully saturated rings. The number of nitrogens with one attached hydrogen (secondary N) is 2. The Bertz CT molecular complexity index is 846. The molecule has 0 spiro atoms. The summed E-state index contributed by atoms with van der Waals surface area (Å²) >= 11 is 0. The molecule has 0 unspecified atom stereocenters. The Morgan fingerprint density at radius 1 is 1.00 bits per heavy atom. The highest BCUT2D eigenvalue weighted by molar-refractivity contribution is 5.79. The van der Waals surface area contributed by atoms with E-state index < -0.39 is 6.04 Å². The zero-order valence-corrected chi connectivity index (χ0v) is 17.5.